The fourth-order valence-electron chi connectivity index (χ4n) is 2.70. The molecule has 2 heterocycles. The number of hydrogen-bond donors (Lipinski definition) is 1. The van der Waals surface area contributed by atoms with Gasteiger partial charge >= 0.3 is 0 Å². The Bertz CT molecular complexity index is 741. The highest BCUT2D eigenvalue weighted by Gasteiger charge is 2.26. The molecule has 25 heavy (non-hydrogen) atoms. The van der Waals surface area contributed by atoms with E-state index in [-0.39, 0.29) is 18.4 Å². The summed E-state index contributed by atoms with van der Waals surface area (Å²) in [5.41, 5.74) is 1.87. The van der Waals surface area contributed by atoms with E-state index in [1.54, 1.807) is 13.3 Å². The van der Waals surface area contributed by atoms with Crippen molar-refractivity contribution in [3.8, 4) is 5.75 Å². The summed E-state index contributed by atoms with van der Waals surface area (Å²) in [6.07, 6.45) is 1.14. The summed E-state index contributed by atoms with van der Waals surface area (Å²) >= 11 is 0. The first-order valence-corrected chi connectivity index (χ1v) is 8.75. The number of aryl methyl sites for hydroxylation is 1. The first-order valence-electron chi connectivity index (χ1n) is 8.75. The average molecular weight is 346 g/mol. The molecule has 1 unspecified atom stereocenters. The molecular weight excluding hydrogens is 320 g/mol. The lowest BCUT2D eigenvalue weighted by atomic mass is 10.2. The van der Waals surface area contributed by atoms with Crippen LogP contribution < -0.4 is 10.1 Å². The summed E-state index contributed by atoms with van der Waals surface area (Å²) in [6, 6.07) is 5.57. The molecule has 1 aliphatic rings. The zero-order valence-electron chi connectivity index (χ0n) is 15.3. The quantitative estimate of drug-likeness (QED) is 0.916. The zero-order valence-corrected chi connectivity index (χ0v) is 15.3. The van der Waals surface area contributed by atoms with Gasteiger partial charge in [-0.25, -0.2) is 4.98 Å². The third-order valence-electron chi connectivity index (χ3n) is 3.94. The van der Waals surface area contributed by atoms with Crippen molar-refractivity contribution in [3.05, 3.63) is 24.5 Å². The second-order valence-corrected chi connectivity index (χ2v) is 5.55. The van der Waals surface area contributed by atoms with Crippen LogP contribution in [-0.4, -0.2) is 52.0 Å². The van der Waals surface area contributed by atoms with Gasteiger partial charge in [-0.05, 0) is 26.0 Å². The highest BCUT2D eigenvalue weighted by molar-refractivity contribution is 5.88. The van der Waals surface area contributed by atoms with Crippen molar-refractivity contribution in [2.24, 2.45) is 0 Å². The number of piperazine rings is 1. The highest BCUT2D eigenvalue weighted by atomic mass is 16.5. The maximum absolute atomic E-state index is 12.4. The van der Waals surface area contributed by atoms with Gasteiger partial charge in [0.15, 0.2) is 6.10 Å². The van der Waals surface area contributed by atoms with Crippen LogP contribution in [0.25, 0.3) is 11.0 Å². The summed E-state index contributed by atoms with van der Waals surface area (Å²) in [7, 11) is 0. The van der Waals surface area contributed by atoms with Crippen molar-refractivity contribution in [1.29, 1.82) is 0 Å². The minimum atomic E-state index is -0.642. The number of carbonyl (C=O) groups is 2. The van der Waals surface area contributed by atoms with E-state index in [4.69, 9.17) is 4.74 Å². The Morgan fingerprint density at radius 2 is 2.16 bits per heavy atom. The number of nitrogens with one attached hydrogen (secondary N) is 1. The number of amides is 2. The van der Waals surface area contributed by atoms with Gasteiger partial charge in [-0.2, -0.15) is 0 Å². The monoisotopic (exact) mass is 346 g/mol. The number of carbonyl (C=O) groups excluding carboxylic acids is 2. The molecule has 7 heteroatoms. The smallest absolute Gasteiger partial charge is 0.263 e. The number of fused-ring (bicyclic) bond motifs is 1. The number of aromatic nitrogens is 2. The molecule has 0 bridgehead atoms. The van der Waals surface area contributed by atoms with E-state index < -0.39 is 6.10 Å². The minimum Gasteiger partial charge on any atom is -0.481 e. The Hall–Kier alpha value is -2.57. The number of imidazole rings is 1. The van der Waals surface area contributed by atoms with Gasteiger partial charge in [-0.3, -0.25) is 9.59 Å². The van der Waals surface area contributed by atoms with E-state index in [0.717, 1.165) is 17.6 Å². The van der Waals surface area contributed by atoms with Crippen LogP contribution in [0.4, 0.5) is 0 Å². The largest absolute Gasteiger partial charge is 0.481 e. The molecule has 136 valence electrons. The van der Waals surface area contributed by atoms with Crippen LogP contribution >= 0.6 is 0 Å². The van der Waals surface area contributed by atoms with E-state index in [9.17, 15) is 9.59 Å². The Morgan fingerprint density at radius 1 is 1.40 bits per heavy atom. The summed E-state index contributed by atoms with van der Waals surface area (Å²) in [6.45, 7) is 9.66. The van der Waals surface area contributed by atoms with Crippen LogP contribution in [0.15, 0.2) is 24.5 Å². The molecule has 1 atom stereocenters. The van der Waals surface area contributed by atoms with Crippen molar-refractivity contribution >= 4 is 22.8 Å². The van der Waals surface area contributed by atoms with E-state index in [2.05, 4.69) is 10.3 Å². The lowest BCUT2D eigenvalue weighted by Crippen LogP contribution is -2.53. The molecule has 3 rings (SSSR count). The molecule has 2 amide bonds. The molecule has 1 aromatic carbocycles. The fraction of sp³-hybridized carbons (Fsp3) is 0.500. The lowest BCUT2D eigenvalue weighted by molar-refractivity contribution is -0.143. The topological polar surface area (TPSA) is 76.5 Å². The molecule has 1 aliphatic heterocycles. The molecule has 1 aromatic heterocycles. The first kappa shape index (κ1) is 18.8. The van der Waals surface area contributed by atoms with Crippen molar-refractivity contribution in [2.75, 3.05) is 19.6 Å². The third-order valence-corrected chi connectivity index (χ3v) is 3.94. The first-order chi connectivity index (χ1) is 12.1. The van der Waals surface area contributed by atoms with Crippen LogP contribution in [-0.2, 0) is 16.1 Å². The molecule has 2 aromatic rings. The van der Waals surface area contributed by atoms with Gasteiger partial charge in [-0.1, -0.05) is 13.8 Å². The maximum atomic E-state index is 12.4. The second-order valence-electron chi connectivity index (χ2n) is 5.55. The number of nitrogens with zero attached hydrogens (tertiary/aromatic N) is 3. The van der Waals surface area contributed by atoms with Gasteiger partial charge in [0.2, 0.25) is 5.91 Å². The molecule has 1 saturated heterocycles. The number of rotatable bonds is 4. The van der Waals surface area contributed by atoms with Gasteiger partial charge in [0.05, 0.1) is 23.9 Å². The van der Waals surface area contributed by atoms with Gasteiger partial charge < -0.3 is 19.5 Å². The van der Waals surface area contributed by atoms with Crippen LogP contribution in [0.1, 0.15) is 27.7 Å². The lowest BCUT2D eigenvalue weighted by Gasteiger charge is -2.29. The molecule has 0 aliphatic carbocycles. The predicted octanol–water partition coefficient (Wildman–Crippen LogP) is 1.81. The Morgan fingerprint density at radius 3 is 2.84 bits per heavy atom. The van der Waals surface area contributed by atoms with Gasteiger partial charge in [-0.15, -0.1) is 0 Å². The standard InChI is InChI=1S/C16H20N4O3.C2H6/c1-3-19-10-18-13-5-4-12(8-14(13)19)23-11(2)16(22)20-7-6-17-15(21)9-20;1-2/h4-5,8,10-11H,3,6-7,9H2,1-2H3,(H,17,21);1-2H3. The summed E-state index contributed by atoms with van der Waals surface area (Å²) in [4.78, 5) is 29.6. The van der Waals surface area contributed by atoms with Crippen LogP contribution in [0.2, 0.25) is 0 Å². The Kier molecular flexibility index (Phi) is 6.38. The molecular formula is C18H26N4O3. The van der Waals surface area contributed by atoms with Gasteiger partial charge in [0, 0.05) is 25.7 Å². The van der Waals surface area contributed by atoms with E-state index in [1.807, 2.05) is 43.5 Å². The van der Waals surface area contributed by atoms with Crippen LogP contribution in [0, 0.1) is 0 Å². The minimum absolute atomic E-state index is 0.0914. The van der Waals surface area contributed by atoms with Gasteiger partial charge in [0.25, 0.3) is 5.91 Å². The van der Waals surface area contributed by atoms with Crippen LogP contribution in [0.3, 0.4) is 0 Å². The number of benzene rings is 1. The highest BCUT2D eigenvalue weighted by Crippen LogP contribution is 2.21. The van der Waals surface area contributed by atoms with Crippen molar-refractivity contribution in [1.82, 2.24) is 19.8 Å². The molecule has 1 fully saturated rings. The number of ether oxygens (including phenoxy) is 1. The molecule has 0 spiro atoms. The Labute approximate surface area is 148 Å². The zero-order chi connectivity index (χ0) is 18.4. The normalized spacial score (nSPS) is 15.2. The summed E-state index contributed by atoms with van der Waals surface area (Å²) in [5.74, 6) is 0.309. The van der Waals surface area contributed by atoms with Crippen molar-refractivity contribution in [3.63, 3.8) is 0 Å². The SMILES string of the molecule is CC.CCn1cnc2ccc(OC(C)C(=O)N3CCNC(=O)C3)cc21. The van der Waals surface area contributed by atoms with E-state index >= 15 is 0 Å². The molecule has 0 saturated carbocycles. The summed E-state index contributed by atoms with van der Waals surface area (Å²) in [5, 5.41) is 2.70. The predicted molar refractivity (Wildman–Crippen MR) is 96.4 cm³/mol. The maximum Gasteiger partial charge on any atom is 0.263 e. The van der Waals surface area contributed by atoms with E-state index in [0.29, 0.717) is 18.8 Å². The van der Waals surface area contributed by atoms with Gasteiger partial charge in [0.1, 0.15) is 5.75 Å². The molecule has 7 nitrogen and oxygen atoms in total. The Balaban J connectivity index is 0.00000109. The average Bonchev–Trinajstić information content (AvgIpc) is 3.05. The molecule has 0 radical (unpaired) electrons. The third kappa shape index (κ3) is 4.29. The van der Waals surface area contributed by atoms with E-state index in [1.165, 1.54) is 4.90 Å². The summed E-state index contributed by atoms with van der Waals surface area (Å²) < 4.78 is 7.80. The van der Waals surface area contributed by atoms with Crippen molar-refractivity contribution < 1.29 is 14.3 Å². The molecule has 1 N–H and O–H groups in total. The number of hydrogen-bond acceptors (Lipinski definition) is 4. The fourth-order valence-corrected chi connectivity index (χ4v) is 2.70. The van der Waals surface area contributed by atoms with Crippen molar-refractivity contribution in [2.45, 2.75) is 40.3 Å². The van der Waals surface area contributed by atoms with Crippen LogP contribution in [0.5, 0.6) is 5.75 Å². The second kappa shape index (κ2) is 8.50.